The number of hydrogen-bond donors (Lipinski definition) is 1. The number of likely N-dealkylation sites (tertiary alicyclic amines) is 1. The van der Waals surface area contributed by atoms with Gasteiger partial charge in [-0.1, -0.05) is 36.4 Å². The minimum Gasteiger partial charge on any atom is -0.504 e. The van der Waals surface area contributed by atoms with Crippen LogP contribution in [0, 0.1) is 11.3 Å². The number of Topliss-reactive ketones (excluding diaryl/α,β-unsaturated/α-hetero) is 1. The number of phenolic OH excluding ortho intramolecular Hbond substituents is 1. The lowest BCUT2D eigenvalue weighted by Crippen LogP contribution is -2.73. The number of carbonyl (C=O) groups excluding carboxylic acids is 1. The van der Waals surface area contributed by atoms with Gasteiger partial charge in [0.2, 0.25) is 0 Å². The number of benzene rings is 2. The summed E-state index contributed by atoms with van der Waals surface area (Å²) >= 11 is 0. The summed E-state index contributed by atoms with van der Waals surface area (Å²) in [5, 5.41) is 10.7. The summed E-state index contributed by atoms with van der Waals surface area (Å²) in [5.41, 5.74) is 3.46. The first kappa shape index (κ1) is 18.3. The molecule has 31 heavy (non-hydrogen) atoms. The standard InChI is InChI=1S/C27H29NO3/c29-20-9-8-19-14-22-26(15-17-4-2-1-3-5-17)11-10-21(30)25-27(26,23(19)24(20)31-25)12-13-28(22)16-18-6-7-18/h1-5,8-9,18,22,25,29H,6-7,10-16H2/t22-,25+,26-,27+/m1/s1. The van der Waals surface area contributed by atoms with Crippen molar-refractivity contribution >= 4 is 5.78 Å². The quantitative estimate of drug-likeness (QED) is 0.819. The van der Waals surface area contributed by atoms with Crippen molar-refractivity contribution in [2.24, 2.45) is 11.3 Å². The maximum Gasteiger partial charge on any atom is 0.174 e. The molecule has 0 aromatic heterocycles. The summed E-state index contributed by atoms with van der Waals surface area (Å²) < 4.78 is 6.39. The summed E-state index contributed by atoms with van der Waals surface area (Å²) in [6.07, 6.45) is 6.69. The van der Waals surface area contributed by atoms with Crippen LogP contribution in [-0.4, -0.2) is 41.0 Å². The first-order chi connectivity index (χ1) is 15.1. The number of ether oxygens (including phenoxy) is 1. The predicted molar refractivity (Wildman–Crippen MR) is 117 cm³/mol. The number of rotatable bonds is 4. The molecule has 4 atom stereocenters. The van der Waals surface area contributed by atoms with E-state index >= 15 is 0 Å². The second kappa shape index (κ2) is 6.13. The number of hydrogen-bond acceptors (Lipinski definition) is 4. The molecule has 0 unspecified atom stereocenters. The van der Waals surface area contributed by atoms with E-state index < -0.39 is 6.10 Å². The van der Waals surface area contributed by atoms with Gasteiger partial charge in [-0.2, -0.15) is 0 Å². The molecule has 5 aliphatic rings. The van der Waals surface area contributed by atoms with Crippen LogP contribution in [0.4, 0.5) is 0 Å². The van der Waals surface area contributed by atoms with Gasteiger partial charge in [-0.05, 0) is 68.2 Å². The maximum atomic E-state index is 13.3. The van der Waals surface area contributed by atoms with Gasteiger partial charge >= 0.3 is 0 Å². The Labute approximate surface area is 183 Å². The average Bonchev–Trinajstić information content (AvgIpc) is 3.52. The zero-order valence-electron chi connectivity index (χ0n) is 17.8. The minimum absolute atomic E-state index is 0.0356. The van der Waals surface area contributed by atoms with E-state index in [1.165, 1.54) is 36.1 Å². The van der Waals surface area contributed by atoms with Gasteiger partial charge in [-0.15, -0.1) is 0 Å². The molecule has 0 amide bonds. The Hall–Kier alpha value is -2.33. The molecule has 0 radical (unpaired) electrons. The summed E-state index contributed by atoms with van der Waals surface area (Å²) in [6.45, 7) is 2.22. The lowest BCUT2D eigenvalue weighted by atomic mass is 9.42. The normalized spacial score (nSPS) is 35.5. The fourth-order valence-electron chi connectivity index (χ4n) is 7.79. The van der Waals surface area contributed by atoms with Crippen molar-refractivity contribution < 1.29 is 14.6 Å². The molecule has 3 fully saturated rings. The van der Waals surface area contributed by atoms with Crippen molar-refractivity contribution in [2.45, 2.75) is 62.5 Å². The molecule has 2 aromatic carbocycles. The van der Waals surface area contributed by atoms with E-state index in [4.69, 9.17) is 4.74 Å². The number of piperidine rings is 1. The van der Waals surface area contributed by atoms with Crippen molar-refractivity contribution in [3.05, 3.63) is 59.2 Å². The third kappa shape index (κ3) is 2.27. The van der Waals surface area contributed by atoms with Gasteiger partial charge in [0, 0.05) is 30.0 Å². The van der Waals surface area contributed by atoms with Crippen LogP contribution in [0.1, 0.15) is 48.8 Å². The molecular weight excluding hydrogens is 386 g/mol. The first-order valence-electron chi connectivity index (χ1n) is 11.9. The lowest BCUT2D eigenvalue weighted by Gasteiger charge is -2.65. The van der Waals surface area contributed by atoms with Gasteiger partial charge < -0.3 is 9.84 Å². The molecule has 2 aromatic rings. The summed E-state index contributed by atoms with van der Waals surface area (Å²) in [6, 6.07) is 15.1. The molecule has 1 N–H and O–H groups in total. The van der Waals surface area contributed by atoms with Crippen molar-refractivity contribution in [1.29, 1.82) is 0 Å². The third-order valence-corrected chi connectivity index (χ3v) is 9.19. The van der Waals surface area contributed by atoms with Gasteiger partial charge in [0.1, 0.15) is 0 Å². The number of nitrogens with zero attached hydrogens (tertiary/aromatic N) is 1. The number of carbonyl (C=O) groups is 1. The first-order valence-corrected chi connectivity index (χ1v) is 11.9. The van der Waals surface area contributed by atoms with E-state index in [9.17, 15) is 9.90 Å². The van der Waals surface area contributed by atoms with Crippen LogP contribution >= 0.6 is 0 Å². The monoisotopic (exact) mass is 415 g/mol. The van der Waals surface area contributed by atoms with Crippen LogP contribution in [-0.2, 0) is 23.1 Å². The molecule has 4 heteroatoms. The van der Waals surface area contributed by atoms with Crippen molar-refractivity contribution in [3.8, 4) is 11.5 Å². The molecule has 2 heterocycles. The van der Waals surface area contributed by atoms with Crippen LogP contribution in [0.5, 0.6) is 11.5 Å². The molecule has 2 saturated carbocycles. The van der Waals surface area contributed by atoms with Crippen LogP contribution in [0.15, 0.2) is 42.5 Å². The van der Waals surface area contributed by atoms with Gasteiger partial charge in [0.15, 0.2) is 23.4 Å². The Bertz CT molecular complexity index is 1080. The Morgan fingerprint density at radius 2 is 1.94 bits per heavy atom. The van der Waals surface area contributed by atoms with Crippen molar-refractivity contribution in [2.75, 3.05) is 13.1 Å². The van der Waals surface area contributed by atoms with Crippen molar-refractivity contribution in [3.63, 3.8) is 0 Å². The molecule has 4 nitrogen and oxygen atoms in total. The van der Waals surface area contributed by atoms with E-state index in [1.54, 1.807) is 6.07 Å². The van der Waals surface area contributed by atoms with E-state index in [1.807, 2.05) is 0 Å². The Morgan fingerprint density at radius 3 is 2.74 bits per heavy atom. The highest BCUT2D eigenvalue weighted by Gasteiger charge is 2.72. The Morgan fingerprint density at radius 1 is 1.10 bits per heavy atom. The zero-order chi connectivity index (χ0) is 20.8. The van der Waals surface area contributed by atoms with Gasteiger partial charge in [0.25, 0.3) is 0 Å². The molecular formula is C27H29NO3. The summed E-state index contributed by atoms with van der Waals surface area (Å²) in [5.74, 6) is 1.87. The van der Waals surface area contributed by atoms with Crippen LogP contribution in [0.2, 0.25) is 0 Å². The molecule has 1 saturated heterocycles. The summed E-state index contributed by atoms with van der Waals surface area (Å²) in [4.78, 5) is 16.0. The molecule has 2 aliphatic heterocycles. The van der Waals surface area contributed by atoms with Crippen LogP contribution in [0.25, 0.3) is 0 Å². The topological polar surface area (TPSA) is 49.8 Å². The fourth-order valence-corrected chi connectivity index (χ4v) is 7.79. The Balaban J connectivity index is 1.47. The molecule has 3 aliphatic carbocycles. The highest BCUT2D eigenvalue weighted by atomic mass is 16.5. The highest BCUT2D eigenvalue weighted by molar-refractivity contribution is 5.89. The highest BCUT2D eigenvalue weighted by Crippen LogP contribution is 2.69. The van der Waals surface area contributed by atoms with Gasteiger partial charge in [-0.25, -0.2) is 0 Å². The van der Waals surface area contributed by atoms with Gasteiger partial charge in [0.05, 0.1) is 5.41 Å². The largest absolute Gasteiger partial charge is 0.504 e. The second-order valence-electron chi connectivity index (χ2n) is 10.6. The SMILES string of the molecule is O=C1CC[C@@]2(Cc3ccccc3)[C@H]3Cc4ccc(O)c5c4[C@@]2(CCN3CC2CC2)[C@H]1O5. The van der Waals surface area contributed by atoms with E-state index in [2.05, 4.69) is 41.3 Å². The number of aromatic hydroxyl groups is 1. The molecule has 2 bridgehead atoms. The third-order valence-electron chi connectivity index (χ3n) is 9.19. The average molecular weight is 416 g/mol. The lowest BCUT2D eigenvalue weighted by molar-refractivity contribution is -0.155. The number of ketones is 1. The Kier molecular flexibility index (Phi) is 3.61. The zero-order valence-corrected chi connectivity index (χ0v) is 17.8. The maximum absolute atomic E-state index is 13.3. The smallest absolute Gasteiger partial charge is 0.174 e. The molecule has 160 valence electrons. The summed E-state index contributed by atoms with van der Waals surface area (Å²) in [7, 11) is 0. The van der Waals surface area contributed by atoms with Gasteiger partial charge in [-0.3, -0.25) is 9.69 Å². The molecule has 1 spiro atoms. The minimum atomic E-state index is -0.446. The van der Waals surface area contributed by atoms with Crippen LogP contribution < -0.4 is 4.74 Å². The van der Waals surface area contributed by atoms with E-state index in [0.717, 1.165) is 38.1 Å². The van der Waals surface area contributed by atoms with E-state index in [0.29, 0.717) is 18.2 Å². The fraction of sp³-hybridized carbons (Fsp3) is 0.519. The molecule has 7 rings (SSSR count). The predicted octanol–water partition coefficient (Wildman–Crippen LogP) is 4.02. The van der Waals surface area contributed by atoms with Crippen molar-refractivity contribution in [1.82, 2.24) is 4.90 Å². The second-order valence-corrected chi connectivity index (χ2v) is 10.6. The number of phenols is 1. The van der Waals surface area contributed by atoms with E-state index in [-0.39, 0.29) is 22.4 Å². The van der Waals surface area contributed by atoms with Crippen LogP contribution in [0.3, 0.4) is 0 Å².